The van der Waals surface area contributed by atoms with Gasteiger partial charge in [-0.25, -0.2) is 4.39 Å². The Morgan fingerprint density at radius 3 is 3.05 bits per heavy atom. The van der Waals surface area contributed by atoms with Crippen LogP contribution in [0.3, 0.4) is 0 Å². The van der Waals surface area contributed by atoms with E-state index in [1.54, 1.807) is 24.1 Å². The van der Waals surface area contributed by atoms with Crippen LogP contribution in [0.2, 0.25) is 0 Å². The lowest BCUT2D eigenvalue weighted by molar-refractivity contribution is -0.138. The summed E-state index contributed by atoms with van der Waals surface area (Å²) < 4.78 is 19.1. The maximum atomic E-state index is 13.4. The van der Waals surface area contributed by atoms with E-state index in [0.717, 1.165) is 12.1 Å². The van der Waals surface area contributed by atoms with Crippen LogP contribution in [0.4, 0.5) is 4.39 Å². The monoisotopic (exact) mass is 310 g/mol. The molecule has 2 rings (SSSR count). The van der Waals surface area contributed by atoms with E-state index < -0.39 is 5.97 Å². The van der Waals surface area contributed by atoms with Crippen LogP contribution in [0.5, 0.6) is 0 Å². The van der Waals surface area contributed by atoms with Gasteiger partial charge >= 0.3 is 5.97 Å². The van der Waals surface area contributed by atoms with E-state index in [1.807, 2.05) is 6.07 Å². The second-order valence-electron chi connectivity index (χ2n) is 5.81. The minimum Gasteiger partial charge on any atom is -0.480 e. The number of likely N-dealkylation sites (N-methyl/N-ethyl adjacent to an activating group) is 1. The van der Waals surface area contributed by atoms with Crippen molar-refractivity contribution in [1.82, 2.24) is 9.80 Å². The lowest BCUT2D eigenvalue weighted by Gasteiger charge is -2.38. The quantitative estimate of drug-likeness (QED) is 0.865. The highest BCUT2D eigenvalue weighted by Crippen LogP contribution is 2.23. The van der Waals surface area contributed by atoms with Gasteiger partial charge in [-0.05, 0) is 31.7 Å². The van der Waals surface area contributed by atoms with Crippen LogP contribution in [-0.2, 0) is 9.53 Å². The summed E-state index contributed by atoms with van der Waals surface area (Å²) in [7, 11) is 1.77. The first kappa shape index (κ1) is 16.9. The van der Waals surface area contributed by atoms with Gasteiger partial charge in [-0.2, -0.15) is 0 Å². The van der Waals surface area contributed by atoms with E-state index in [0.29, 0.717) is 19.7 Å². The normalized spacial score (nSPS) is 21.0. The van der Waals surface area contributed by atoms with Crippen molar-refractivity contribution in [3.8, 4) is 0 Å². The summed E-state index contributed by atoms with van der Waals surface area (Å²) >= 11 is 0. The van der Waals surface area contributed by atoms with Gasteiger partial charge in [0.05, 0.1) is 19.3 Å². The van der Waals surface area contributed by atoms with Gasteiger partial charge in [0.15, 0.2) is 0 Å². The number of morpholine rings is 1. The summed E-state index contributed by atoms with van der Waals surface area (Å²) in [4.78, 5) is 14.7. The van der Waals surface area contributed by atoms with Crippen molar-refractivity contribution in [3.05, 3.63) is 35.6 Å². The molecular formula is C16H23FN2O3. The zero-order valence-corrected chi connectivity index (χ0v) is 13.0. The molecule has 6 heteroatoms. The van der Waals surface area contributed by atoms with Gasteiger partial charge in [-0.1, -0.05) is 12.1 Å². The van der Waals surface area contributed by atoms with Crippen LogP contribution in [0.1, 0.15) is 18.5 Å². The van der Waals surface area contributed by atoms with Crippen LogP contribution in [0, 0.1) is 5.82 Å². The molecule has 1 N–H and O–H groups in total. The van der Waals surface area contributed by atoms with E-state index in [4.69, 9.17) is 9.84 Å². The largest absolute Gasteiger partial charge is 0.480 e. The van der Waals surface area contributed by atoms with Crippen molar-refractivity contribution in [2.75, 3.05) is 39.8 Å². The van der Waals surface area contributed by atoms with Crippen molar-refractivity contribution < 1.29 is 19.0 Å². The number of rotatable bonds is 6. The summed E-state index contributed by atoms with van der Waals surface area (Å²) in [6, 6.07) is 6.76. The minimum absolute atomic E-state index is 0.000684. The fraction of sp³-hybridized carbons (Fsp3) is 0.562. The van der Waals surface area contributed by atoms with E-state index in [2.05, 4.69) is 11.8 Å². The number of carbonyl (C=O) groups is 1. The number of aliphatic carboxylic acids is 1. The van der Waals surface area contributed by atoms with Crippen molar-refractivity contribution in [3.63, 3.8) is 0 Å². The van der Waals surface area contributed by atoms with E-state index >= 15 is 0 Å². The Bertz CT molecular complexity index is 512. The summed E-state index contributed by atoms with van der Waals surface area (Å²) in [5.74, 6) is -1.07. The highest BCUT2D eigenvalue weighted by atomic mass is 19.1. The first-order valence-electron chi connectivity index (χ1n) is 7.47. The minimum atomic E-state index is -0.844. The molecular weight excluding hydrogens is 287 g/mol. The third-order valence-electron chi connectivity index (χ3n) is 3.97. The fourth-order valence-corrected chi connectivity index (χ4v) is 2.82. The molecule has 2 unspecified atom stereocenters. The Balaban J connectivity index is 1.93. The number of carboxylic acid groups (broad SMARTS) is 1. The number of ether oxygens (including phenoxy) is 1. The molecule has 0 bridgehead atoms. The second kappa shape index (κ2) is 7.67. The Kier molecular flexibility index (Phi) is 5.88. The molecule has 0 saturated carbocycles. The van der Waals surface area contributed by atoms with Crippen LogP contribution in [0.25, 0.3) is 0 Å². The first-order chi connectivity index (χ1) is 10.5. The van der Waals surface area contributed by atoms with Crippen LogP contribution < -0.4 is 0 Å². The Morgan fingerprint density at radius 2 is 2.36 bits per heavy atom. The average Bonchev–Trinajstić information content (AvgIpc) is 2.45. The zero-order valence-electron chi connectivity index (χ0n) is 13.0. The standard InChI is InChI=1S/C16H23FN2O3/c1-12(13-4-3-5-14(17)8-13)19-6-7-22-15(10-19)9-18(2)11-16(20)21/h3-5,8,12,15H,6-7,9-11H2,1-2H3,(H,20,21). The van der Waals surface area contributed by atoms with Gasteiger partial charge in [0.25, 0.3) is 0 Å². The van der Waals surface area contributed by atoms with E-state index in [-0.39, 0.29) is 24.5 Å². The molecule has 1 aromatic rings. The molecule has 5 nitrogen and oxygen atoms in total. The second-order valence-corrected chi connectivity index (χ2v) is 5.81. The Morgan fingerprint density at radius 1 is 1.59 bits per heavy atom. The topological polar surface area (TPSA) is 53.0 Å². The summed E-state index contributed by atoms with van der Waals surface area (Å²) in [6.45, 7) is 4.72. The predicted octanol–water partition coefficient (Wildman–Crippen LogP) is 1.60. The van der Waals surface area contributed by atoms with Gasteiger partial charge in [-0.15, -0.1) is 0 Å². The summed E-state index contributed by atoms with van der Waals surface area (Å²) in [6.07, 6.45) is -0.0332. The fourth-order valence-electron chi connectivity index (χ4n) is 2.82. The SMILES string of the molecule is CC(c1cccc(F)c1)N1CCOC(CN(C)CC(=O)O)C1. The third kappa shape index (κ3) is 4.76. The first-order valence-corrected chi connectivity index (χ1v) is 7.47. The highest BCUT2D eigenvalue weighted by molar-refractivity contribution is 5.69. The van der Waals surface area contributed by atoms with Gasteiger partial charge in [0.2, 0.25) is 0 Å². The Hall–Kier alpha value is -1.50. The van der Waals surface area contributed by atoms with Gasteiger partial charge in [0, 0.05) is 25.7 Å². The van der Waals surface area contributed by atoms with Gasteiger partial charge in [-0.3, -0.25) is 14.6 Å². The zero-order chi connectivity index (χ0) is 16.1. The van der Waals surface area contributed by atoms with E-state index in [9.17, 15) is 9.18 Å². The number of hydrogen-bond donors (Lipinski definition) is 1. The number of benzene rings is 1. The molecule has 1 saturated heterocycles. The molecule has 1 fully saturated rings. The van der Waals surface area contributed by atoms with Crippen LogP contribution in [-0.4, -0.2) is 66.8 Å². The molecule has 0 aliphatic carbocycles. The number of hydrogen-bond acceptors (Lipinski definition) is 4. The smallest absolute Gasteiger partial charge is 0.317 e. The van der Waals surface area contributed by atoms with E-state index in [1.165, 1.54) is 6.07 Å². The lowest BCUT2D eigenvalue weighted by atomic mass is 10.1. The molecule has 0 aromatic heterocycles. The average molecular weight is 310 g/mol. The van der Waals surface area contributed by atoms with Crippen molar-refractivity contribution in [2.45, 2.75) is 19.1 Å². The third-order valence-corrected chi connectivity index (χ3v) is 3.97. The van der Waals surface area contributed by atoms with Crippen LogP contribution in [0.15, 0.2) is 24.3 Å². The highest BCUT2D eigenvalue weighted by Gasteiger charge is 2.26. The van der Waals surface area contributed by atoms with Crippen molar-refractivity contribution >= 4 is 5.97 Å². The molecule has 0 radical (unpaired) electrons. The number of carboxylic acids is 1. The van der Waals surface area contributed by atoms with Gasteiger partial charge < -0.3 is 9.84 Å². The maximum Gasteiger partial charge on any atom is 0.317 e. The summed E-state index contributed by atoms with van der Waals surface area (Å²) in [5.41, 5.74) is 0.944. The molecule has 1 aromatic carbocycles. The Labute approximate surface area is 130 Å². The van der Waals surface area contributed by atoms with Crippen molar-refractivity contribution in [1.29, 1.82) is 0 Å². The molecule has 2 atom stereocenters. The molecule has 1 aliphatic rings. The summed E-state index contributed by atoms with van der Waals surface area (Å²) in [5, 5.41) is 8.80. The predicted molar refractivity (Wildman–Crippen MR) is 81.3 cm³/mol. The molecule has 0 amide bonds. The van der Waals surface area contributed by atoms with Crippen LogP contribution >= 0.6 is 0 Å². The molecule has 1 aliphatic heterocycles. The molecule has 0 spiro atoms. The molecule has 22 heavy (non-hydrogen) atoms. The van der Waals surface area contributed by atoms with Crippen molar-refractivity contribution in [2.24, 2.45) is 0 Å². The molecule has 1 heterocycles. The molecule has 122 valence electrons. The number of halogens is 1. The van der Waals surface area contributed by atoms with Gasteiger partial charge in [0.1, 0.15) is 5.82 Å². The maximum absolute atomic E-state index is 13.4. The lowest BCUT2D eigenvalue weighted by Crippen LogP contribution is -2.48. The number of nitrogens with zero attached hydrogens (tertiary/aromatic N) is 2.